The predicted molar refractivity (Wildman–Crippen MR) is 76.3 cm³/mol. The van der Waals surface area contributed by atoms with E-state index in [2.05, 4.69) is 0 Å². The molecule has 6 heteroatoms. The van der Waals surface area contributed by atoms with Crippen molar-refractivity contribution in [2.24, 2.45) is 0 Å². The Kier molecular flexibility index (Phi) is 7.88. The number of halogens is 1. The van der Waals surface area contributed by atoms with Gasteiger partial charge in [0, 0.05) is 37.2 Å². The van der Waals surface area contributed by atoms with Crippen LogP contribution in [0.1, 0.15) is 13.3 Å². The van der Waals surface area contributed by atoms with Gasteiger partial charge in [-0.2, -0.15) is 0 Å². The van der Waals surface area contributed by atoms with Crippen molar-refractivity contribution < 1.29 is 50.0 Å². The number of benzene rings is 2. The average Bonchev–Trinajstić information content (AvgIpc) is 2.47. The van der Waals surface area contributed by atoms with Crippen molar-refractivity contribution in [3.63, 3.8) is 0 Å². The topological polar surface area (TPSA) is 38.7 Å². The molecule has 21 heavy (non-hydrogen) atoms. The van der Waals surface area contributed by atoms with Gasteiger partial charge in [-0.3, -0.25) is 0 Å². The maximum absolute atomic E-state index is 13.8. The second kappa shape index (κ2) is 9.14. The standard InChI is InChI=1S/C15H15BFO3.U/c1-2-9-19-15-8-7-13(10-14(15)17)20-12-5-3-11(16-18)4-6-12;/h3-8,10,18H,2,9H2,1H3;. The molecule has 1 radical (unpaired) electrons. The van der Waals surface area contributed by atoms with Crippen LogP contribution in [-0.2, 0) is 0 Å². The van der Waals surface area contributed by atoms with E-state index in [1.165, 1.54) is 6.07 Å². The van der Waals surface area contributed by atoms with Crippen molar-refractivity contribution in [1.82, 2.24) is 0 Å². The van der Waals surface area contributed by atoms with Crippen molar-refractivity contribution in [3.8, 4) is 17.2 Å². The Hall–Kier alpha value is -0.953. The minimum Gasteiger partial charge on any atom is -0.491 e. The minimum atomic E-state index is -0.448. The molecule has 0 spiro atoms. The molecule has 0 heterocycles. The third-order valence-corrected chi connectivity index (χ3v) is 2.63. The predicted octanol–water partition coefficient (Wildman–Crippen LogP) is 2.64. The van der Waals surface area contributed by atoms with E-state index in [0.29, 0.717) is 23.6 Å². The van der Waals surface area contributed by atoms with E-state index in [1.54, 1.807) is 36.4 Å². The maximum Gasteiger partial charge on any atom is 0.326 e. The first-order chi connectivity index (χ1) is 9.72. The van der Waals surface area contributed by atoms with E-state index >= 15 is 0 Å². The summed E-state index contributed by atoms with van der Waals surface area (Å²) in [5, 5.41) is 8.83. The third kappa shape index (κ3) is 5.39. The fourth-order valence-corrected chi connectivity index (χ4v) is 1.63. The molecular weight excluding hydrogens is 496 g/mol. The maximum atomic E-state index is 13.8. The SMILES string of the molecule is CCCOc1ccc(Oc2ccc([B]O)cc2)cc1F.[U]. The molecule has 0 saturated heterocycles. The number of hydrogen-bond donors (Lipinski definition) is 1. The zero-order valence-electron chi connectivity index (χ0n) is 11.7. The van der Waals surface area contributed by atoms with Crippen molar-refractivity contribution in [2.75, 3.05) is 6.61 Å². The molecule has 0 saturated carbocycles. The summed E-state index contributed by atoms with van der Waals surface area (Å²) in [7, 11) is 1.00. The Morgan fingerprint density at radius 1 is 1.10 bits per heavy atom. The van der Waals surface area contributed by atoms with Crippen LogP contribution in [0.2, 0.25) is 0 Å². The molecule has 0 aromatic heterocycles. The van der Waals surface area contributed by atoms with E-state index < -0.39 is 5.82 Å². The van der Waals surface area contributed by atoms with Gasteiger partial charge in [-0.05, 0) is 30.7 Å². The van der Waals surface area contributed by atoms with Gasteiger partial charge < -0.3 is 14.5 Å². The summed E-state index contributed by atoms with van der Waals surface area (Å²) in [6.45, 7) is 2.44. The van der Waals surface area contributed by atoms with Gasteiger partial charge in [0.25, 0.3) is 0 Å². The summed E-state index contributed by atoms with van der Waals surface area (Å²) >= 11 is 0. The normalized spacial score (nSPS) is 9.67. The zero-order valence-corrected chi connectivity index (χ0v) is 15.8. The molecule has 0 fully saturated rings. The van der Waals surface area contributed by atoms with E-state index in [0.717, 1.165) is 13.9 Å². The Morgan fingerprint density at radius 3 is 2.33 bits per heavy atom. The van der Waals surface area contributed by atoms with Crippen LogP contribution in [0.5, 0.6) is 17.2 Å². The second-order valence-electron chi connectivity index (χ2n) is 4.24. The molecule has 3 nitrogen and oxygen atoms in total. The van der Waals surface area contributed by atoms with E-state index in [1.807, 2.05) is 6.92 Å². The first-order valence-electron chi connectivity index (χ1n) is 6.40. The van der Waals surface area contributed by atoms with Gasteiger partial charge >= 0.3 is 7.48 Å². The first-order valence-corrected chi connectivity index (χ1v) is 6.40. The average molecular weight is 511 g/mol. The second-order valence-corrected chi connectivity index (χ2v) is 4.24. The van der Waals surface area contributed by atoms with Gasteiger partial charge in [-0.1, -0.05) is 24.5 Å². The van der Waals surface area contributed by atoms with Crippen LogP contribution in [0.3, 0.4) is 0 Å². The van der Waals surface area contributed by atoms with Crippen LogP contribution in [0.25, 0.3) is 0 Å². The molecule has 0 amide bonds. The molecule has 2 aromatic rings. The molecule has 2 aromatic carbocycles. The fourth-order valence-electron chi connectivity index (χ4n) is 1.63. The molecule has 0 aliphatic heterocycles. The summed E-state index contributed by atoms with van der Waals surface area (Å²) in [6.07, 6.45) is 0.825. The largest absolute Gasteiger partial charge is 0.491 e. The van der Waals surface area contributed by atoms with Gasteiger partial charge in [-0.25, -0.2) is 4.39 Å². The number of ether oxygens (including phenoxy) is 2. The van der Waals surface area contributed by atoms with Crippen LogP contribution in [0.4, 0.5) is 4.39 Å². The van der Waals surface area contributed by atoms with Crippen LogP contribution in [0, 0.1) is 36.9 Å². The summed E-state index contributed by atoms with van der Waals surface area (Å²) in [5.74, 6) is 0.741. The molecular formula is C15H15BFO3U. The third-order valence-electron chi connectivity index (χ3n) is 2.63. The molecule has 0 unspecified atom stereocenters. The molecule has 0 aliphatic carbocycles. The van der Waals surface area contributed by atoms with Gasteiger partial charge in [-0.15, -0.1) is 0 Å². The monoisotopic (exact) mass is 511 g/mol. The van der Waals surface area contributed by atoms with Gasteiger partial charge in [0.05, 0.1) is 6.61 Å². The quantitative estimate of drug-likeness (QED) is 0.607. The number of rotatable bonds is 6. The van der Waals surface area contributed by atoms with Crippen molar-refractivity contribution in [1.29, 1.82) is 0 Å². The Morgan fingerprint density at radius 2 is 1.76 bits per heavy atom. The van der Waals surface area contributed by atoms with Crippen LogP contribution >= 0.6 is 0 Å². The van der Waals surface area contributed by atoms with E-state index in [4.69, 9.17) is 14.5 Å². The smallest absolute Gasteiger partial charge is 0.326 e. The first kappa shape index (κ1) is 18.1. The van der Waals surface area contributed by atoms with Crippen molar-refractivity contribution >= 4 is 12.9 Å². The van der Waals surface area contributed by atoms with Crippen LogP contribution in [0.15, 0.2) is 42.5 Å². The minimum absolute atomic E-state index is 0. The fraction of sp³-hybridized carbons (Fsp3) is 0.200. The molecule has 107 valence electrons. The summed E-state index contributed by atoms with van der Waals surface area (Å²) in [4.78, 5) is 0. The zero-order chi connectivity index (χ0) is 14.4. The number of hydrogen-bond acceptors (Lipinski definition) is 3. The van der Waals surface area contributed by atoms with Gasteiger partial charge in [0.2, 0.25) is 0 Å². The summed E-state index contributed by atoms with van der Waals surface area (Å²) < 4.78 is 24.5. The Bertz CT molecular complexity index is 563. The molecule has 0 aliphatic rings. The van der Waals surface area contributed by atoms with E-state index in [-0.39, 0.29) is 36.9 Å². The molecule has 2 rings (SSSR count). The summed E-state index contributed by atoms with van der Waals surface area (Å²) in [6, 6.07) is 11.3. The van der Waals surface area contributed by atoms with Crippen LogP contribution < -0.4 is 14.9 Å². The van der Waals surface area contributed by atoms with Gasteiger partial charge in [0.15, 0.2) is 11.6 Å². The Labute approximate surface area is 148 Å². The van der Waals surface area contributed by atoms with Crippen molar-refractivity contribution in [2.45, 2.75) is 13.3 Å². The van der Waals surface area contributed by atoms with E-state index in [9.17, 15) is 4.39 Å². The van der Waals surface area contributed by atoms with Crippen molar-refractivity contribution in [3.05, 3.63) is 48.3 Å². The van der Waals surface area contributed by atoms with Crippen LogP contribution in [-0.4, -0.2) is 19.1 Å². The van der Waals surface area contributed by atoms with Gasteiger partial charge in [0.1, 0.15) is 11.5 Å². The molecule has 0 bridgehead atoms. The molecule has 0 atom stereocenters. The Balaban J connectivity index is 0.00000220. The molecule has 1 N–H and O–H groups in total. The summed E-state index contributed by atoms with van der Waals surface area (Å²) in [5.41, 5.74) is 0.673.